The molecule has 11 heteroatoms. The van der Waals surface area contributed by atoms with E-state index in [1.165, 1.54) is 11.1 Å². The fraction of sp³-hybridized carbons (Fsp3) is 0.571. The Kier molecular flexibility index (Phi) is 7.64. The van der Waals surface area contributed by atoms with Gasteiger partial charge in [-0.25, -0.2) is 9.48 Å². The van der Waals surface area contributed by atoms with E-state index >= 15 is 0 Å². The summed E-state index contributed by atoms with van der Waals surface area (Å²) >= 11 is 0. The molecule has 1 N–H and O–H groups in total. The quantitative estimate of drug-likeness (QED) is 0.522. The Bertz CT molecular complexity index is 1330. The molecule has 11 nitrogen and oxygen atoms in total. The van der Waals surface area contributed by atoms with Crippen molar-refractivity contribution in [1.29, 1.82) is 0 Å². The first-order chi connectivity index (χ1) is 18.6. The number of ether oxygens (including phenoxy) is 3. The summed E-state index contributed by atoms with van der Waals surface area (Å²) in [5, 5.41) is 15.3. The van der Waals surface area contributed by atoms with Crippen molar-refractivity contribution in [1.82, 2.24) is 24.6 Å². The van der Waals surface area contributed by atoms with Crippen molar-refractivity contribution in [3.8, 4) is 11.8 Å². The third kappa shape index (κ3) is 5.94. The van der Waals surface area contributed by atoms with Gasteiger partial charge in [-0.05, 0) is 69.7 Å². The number of benzene rings is 1. The number of carbonyl (C=O) groups excluding carboxylic acids is 1. The van der Waals surface area contributed by atoms with Crippen LogP contribution in [0.25, 0.3) is 16.7 Å². The van der Waals surface area contributed by atoms with E-state index in [1.54, 1.807) is 7.11 Å². The smallest absolute Gasteiger partial charge is 0.410 e. The zero-order chi connectivity index (χ0) is 27.7. The topological polar surface area (TPSA) is 115 Å². The van der Waals surface area contributed by atoms with Crippen molar-refractivity contribution >= 4 is 22.8 Å². The van der Waals surface area contributed by atoms with Crippen molar-refractivity contribution in [2.75, 3.05) is 51.4 Å². The van der Waals surface area contributed by atoms with Crippen molar-refractivity contribution < 1.29 is 24.1 Å². The summed E-state index contributed by atoms with van der Waals surface area (Å²) in [6.45, 7) is 10.8. The number of hydrogen-bond acceptors (Lipinski definition) is 9. The highest BCUT2D eigenvalue weighted by Gasteiger charge is 2.29. The molecule has 0 aliphatic carbocycles. The van der Waals surface area contributed by atoms with Crippen LogP contribution in [0, 0.1) is 6.92 Å². The van der Waals surface area contributed by atoms with E-state index in [2.05, 4.69) is 39.0 Å². The van der Waals surface area contributed by atoms with E-state index < -0.39 is 5.60 Å². The summed E-state index contributed by atoms with van der Waals surface area (Å²) in [5.41, 5.74) is 2.92. The average Bonchev–Trinajstić information content (AvgIpc) is 3.34. The monoisotopic (exact) mass is 538 g/mol. The van der Waals surface area contributed by atoms with Gasteiger partial charge in [0, 0.05) is 37.6 Å². The number of hydrogen-bond donors (Lipinski definition) is 1. The van der Waals surface area contributed by atoms with Crippen LogP contribution in [0.15, 0.2) is 24.4 Å². The molecular formula is C28H38N6O5. The molecule has 0 bridgehead atoms. The first-order valence-electron chi connectivity index (χ1n) is 13.5. The number of morpholine rings is 1. The third-order valence-electron chi connectivity index (χ3n) is 7.29. The summed E-state index contributed by atoms with van der Waals surface area (Å²) in [6.07, 6.45) is 3.08. The molecule has 2 aromatic heterocycles. The lowest BCUT2D eigenvalue weighted by Crippen LogP contribution is -2.44. The number of anilines is 1. The van der Waals surface area contributed by atoms with E-state index in [0.29, 0.717) is 50.3 Å². The number of piperidine rings is 1. The second-order valence-corrected chi connectivity index (χ2v) is 11.3. The summed E-state index contributed by atoms with van der Waals surface area (Å²) in [6, 6.07) is 6.52. The lowest BCUT2D eigenvalue weighted by molar-refractivity contribution is 0.00333. The molecule has 210 valence electrons. The maximum absolute atomic E-state index is 12.5. The highest BCUT2D eigenvalue weighted by atomic mass is 16.6. The number of amides is 1. The molecule has 2 fully saturated rings. The predicted octanol–water partition coefficient (Wildman–Crippen LogP) is 3.44. The number of aliphatic hydroxyl groups is 1. The number of carbonyl (C=O) groups is 1. The Balaban J connectivity index is 1.42. The van der Waals surface area contributed by atoms with Crippen LogP contribution < -0.4 is 9.64 Å². The van der Waals surface area contributed by atoms with Gasteiger partial charge < -0.3 is 29.1 Å². The Morgan fingerprint density at radius 1 is 1.13 bits per heavy atom. The van der Waals surface area contributed by atoms with Crippen molar-refractivity contribution in [3.63, 3.8) is 0 Å². The number of aryl methyl sites for hydroxylation is 1. The molecule has 2 saturated heterocycles. The molecule has 39 heavy (non-hydrogen) atoms. The average molecular weight is 539 g/mol. The number of methoxy groups -OCH3 is 1. The molecule has 1 atom stereocenters. The number of aliphatic hydroxyl groups excluding tert-OH is 1. The van der Waals surface area contributed by atoms with Crippen LogP contribution in [0.4, 0.5) is 10.6 Å². The normalized spacial score (nSPS) is 19.0. The van der Waals surface area contributed by atoms with Crippen LogP contribution in [0.5, 0.6) is 6.01 Å². The van der Waals surface area contributed by atoms with Crippen molar-refractivity contribution in [2.24, 2.45) is 0 Å². The zero-order valence-corrected chi connectivity index (χ0v) is 23.4. The van der Waals surface area contributed by atoms with Crippen molar-refractivity contribution in [2.45, 2.75) is 58.2 Å². The predicted molar refractivity (Wildman–Crippen MR) is 147 cm³/mol. The van der Waals surface area contributed by atoms with E-state index in [-0.39, 0.29) is 24.8 Å². The number of likely N-dealkylation sites (tertiary alicyclic amines) is 1. The molecule has 0 spiro atoms. The second kappa shape index (κ2) is 11.0. The SMILES string of the molecule is COc1nc(N2CCO[C@@H](CO)C2)cc(-n2ncc3cc(C)c(C4CCN(C(=O)OC(C)(C)C)CC4)cc32)n1. The first kappa shape index (κ1) is 27.1. The Morgan fingerprint density at radius 3 is 2.56 bits per heavy atom. The van der Waals surface area contributed by atoms with Gasteiger partial charge in [0.05, 0.1) is 38.1 Å². The van der Waals surface area contributed by atoms with Crippen LogP contribution in [0.3, 0.4) is 0 Å². The van der Waals surface area contributed by atoms with Gasteiger partial charge in [-0.3, -0.25) is 0 Å². The van der Waals surface area contributed by atoms with Gasteiger partial charge in [0.2, 0.25) is 0 Å². The van der Waals surface area contributed by atoms with Gasteiger partial charge in [-0.1, -0.05) is 0 Å². The minimum Gasteiger partial charge on any atom is -0.467 e. The lowest BCUT2D eigenvalue weighted by atomic mass is 9.86. The maximum Gasteiger partial charge on any atom is 0.410 e. The molecular weight excluding hydrogens is 500 g/mol. The van der Waals surface area contributed by atoms with Gasteiger partial charge in [-0.15, -0.1) is 0 Å². The van der Waals surface area contributed by atoms with Gasteiger partial charge in [0.25, 0.3) is 0 Å². The number of rotatable bonds is 5. The van der Waals surface area contributed by atoms with Crippen LogP contribution in [0.1, 0.15) is 50.7 Å². The molecule has 0 unspecified atom stereocenters. The molecule has 5 rings (SSSR count). The minimum absolute atomic E-state index is 0.0474. The van der Waals surface area contributed by atoms with Crippen LogP contribution >= 0.6 is 0 Å². The van der Waals surface area contributed by atoms with E-state index in [1.807, 2.05) is 42.6 Å². The van der Waals surface area contributed by atoms with E-state index in [9.17, 15) is 9.90 Å². The highest BCUT2D eigenvalue weighted by molar-refractivity contribution is 5.82. The molecule has 2 aliphatic heterocycles. The van der Waals surface area contributed by atoms with Gasteiger partial charge in [0.1, 0.15) is 11.4 Å². The molecule has 0 radical (unpaired) electrons. The highest BCUT2D eigenvalue weighted by Crippen LogP contribution is 2.34. The molecule has 1 amide bonds. The van der Waals surface area contributed by atoms with E-state index in [0.717, 1.165) is 23.7 Å². The molecule has 3 aromatic rings. The summed E-state index contributed by atoms with van der Waals surface area (Å²) < 4.78 is 18.4. The summed E-state index contributed by atoms with van der Waals surface area (Å²) in [5.74, 6) is 1.63. The zero-order valence-electron chi connectivity index (χ0n) is 23.4. The van der Waals surface area contributed by atoms with Crippen molar-refractivity contribution in [3.05, 3.63) is 35.5 Å². The Labute approximate surface area is 228 Å². The number of nitrogens with zero attached hydrogens (tertiary/aromatic N) is 6. The molecule has 4 heterocycles. The fourth-order valence-corrected chi connectivity index (χ4v) is 5.33. The maximum atomic E-state index is 12.5. The van der Waals surface area contributed by atoms with E-state index in [4.69, 9.17) is 14.2 Å². The fourth-order valence-electron chi connectivity index (χ4n) is 5.33. The van der Waals surface area contributed by atoms with Gasteiger partial charge in [0.15, 0.2) is 5.82 Å². The van der Waals surface area contributed by atoms with Crippen LogP contribution in [-0.2, 0) is 9.47 Å². The second-order valence-electron chi connectivity index (χ2n) is 11.3. The summed E-state index contributed by atoms with van der Waals surface area (Å²) in [4.78, 5) is 25.6. The first-order valence-corrected chi connectivity index (χ1v) is 13.5. The number of fused-ring (bicyclic) bond motifs is 1. The third-order valence-corrected chi connectivity index (χ3v) is 7.29. The standard InChI is InChI=1S/C28H38N6O5/c1-18-12-20-15-29-34(25-14-24(30-26(31-25)37-5)33-10-11-38-21(16-33)17-35)23(20)13-22(18)19-6-8-32(9-7-19)27(36)39-28(2,3)4/h12-15,19,21,35H,6-11,16-17H2,1-5H3/t21-/m1/s1. The molecule has 1 aromatic carbocycles. The molecule has 0 saturated carbocycles. The summed E-state index contributed by atoms with van der Waals surface area (Å²) in [7, 11) is 1.55. The van der Waals surface area contributed by atoms with Gasteiger partial charge in [-0.2, -0.15) is 15.1 Å². The van der Waals surface area contributed by atoms with Crippen LogP contribution in [-0.4, -0.2) is 94.1 Å². The van der Waals surface area contributed by atoms with Gasteiger partial charge >= 0.3 is 12.1 Å². The molecule has 2 aliphatic rings. The Morgan fingerprint density at radius 2 is 1.87 bits per heavy atom. The Hall–Kier alpha value is -3.44. The van der Waals surface area contributed by atoms with Crippen LogP contribution in [0.2, 0.25) is 0 Å². The lowest BCUT2D eigenvalue weighted by Gasteiger charge is -2.34. The number of aromatic nitrogens is 4. The largest absolute Gasteiger partial charge is 0.467 e. The minimum atomic E-state index is -0.500.